The third-order valence-corrected chi connectivity index (χ3v) is 4.66. The van der Waals surface area contributed by atoms with Gasteiger partial charge in [0.15, 0.2) is 0 Å². The van der Waals surface area contributed by atoms with Crippen LogP contribution >= 0.6 is 0 Å². The Balaban J connectivity index is 1.56. The molecular formula is C13H23NO. The van der Waals surface area contributed by atoms with Gasteiger partial charge in [-0.15, -0.1) is 0 Å². The van der Waals surface area contributed by atoms with Gasteiger partial charge in [-0.3, -0.25) is 0 Å². The van der Waals surface area contributed by atoms with Crippen molar-refractivity contribution in [3.63, 3.8) is 0 Å². The number of likely N-dealkylation sites (tertiary alicyclic amines) is 1. The fourth-order valence-corrected chi connectivity index (χ4v) is 3.31. The number of nitrogens with zero attached hydrogens (tertiary/aromatic N) is 1. The number of ether oxygens (including phenoxy) is 1. The van der Waals surface area contributed by atoms with Crippen LogP contribution in [0.15, 0.2) is 0 Å². The molecular weight excluding hydrogens is 186 g/mol. The van der Waals surface area contributed by atoms with Crippen molar-refractivity contribution in [3.8, 4) is 0 Å². The molecule has 0 radical (unpaired) electrons. The van der Waals surface area contributed by atoms with E-state index in [1.807, 2.05) is 0 Å². The van der Waals surface area contributed by atoms with E-state index in [9.17, 15) is 0 Å². The lowest BCUT2D eigenvalue weighted by Gasteiger charge is -2.38. The lowest BCUT2D eigenvalue weighted by Crippen LogP contribution is -2.41. The average Bonchev–Trinajstić information content (AvgIpc) is 3.03. The van der Waals surface area contributed by atoms with Gasteiger partial charge >= 0.3 is 0 Å². The van der Waals surface area contributed by atoms with Gasteiger partial charge in [-0.2, -0.15) is 0 Å². The molecule has 0 aromatic heterocycles. The van der Waals surface area contributed by atoms with Crippen molar-refractivity contribution in [2.24, 2.45) is 5.41 Å². The second kappa shape index (κ2) is 3.74. The fourth-order valence-electron chi connectivity index (χ4n) is 3.31. The molecule has 0 aromatic carbocycles. The Hall–Kier alpha value is -0.0800. The molecule has 2 saturated heterocycles. The van der Waals surface area contributed by atoms with Gasteiger partial charge in [-0.25, -0.2) is 0 Å². The highest BCUT2D eigenvalue weighted by Gasteiger charge is 2.43. The van der Waals surface area contributed by atoms with Gasteiger partial charge in [-0.05, 0) is 57.0 Å². The van der Waals surface area contributed by atoms with E-state index >= 15 is 0 Å². The maximum Gasteiger partial charge on any atom is 0.0579 e. The summed E-state index contributed by atoms with van der Waals surface area (Å²) in [6.07, 6.45) is 8.80. The average molecular weight is 209 g/mol. The van der Waals surface area contributed by atoms with Crippen LogP contribution in [0.25, 0.3) is 0 Å². The lowest BCUT2D eigenvalue weighted by molar-refractivity contribution is 0.0621. The topological polar surface area (TPSA) is 12.5 Å². The molecule has 3 rings (SSSR count). The standard InChI is InChI=1S/C13H23NO/c1-2-12-9-13(10-15-12)5-7-14(8-6-13)11-3-4-11/h11-12H,2-10H2,1H3. The van der Waals surface area contributed by atoms with Crippen LogP contribution in [-0.2, 0) is 4.74 Å². The normalized spacial score (nSPS) is 36.2. The second-order valence-electron chi connectivity index (χ2n) is 5.81. The minimum absolute atomic E-state index is 0.567. The summed E-state index contributed by atoms with van der Waals surface area (Å²) in [6, 6.07) is 0.964. The Morgan fingerprint density at radius 2 is 2.00 bits per heavy atom. The predicted octanol–water partition coefficient (Wildman–Crippen LogP) is 2.43. The first-order valence-electron chi connectivity index (χ1n) is 6.67. The summed E-state index contributed by atoms with van der Waals surface area (Å²) in [7, 11) is 0. The molecule has 3 aliphatic rings. The number of hydrogen-bond acceptors (Lipinski definition) is 2. The molecule has 1 unspecified atom stereocenters. The van der Waals surface area contributed by atoms with Gasteiger partial charge in [0, 0.05) is 6.04 Å². The molecule has 2 nitrogen and oxygen atoms in total. The molecule has 3 fully saturated rings. The summed E-state index contributed by atoms with van der Waals surface area (Å²) >= 11 is 0. The highest BCUT2D eigenvalue weighted by atomic mass is 16.5. The fraction of sp³-hybridized carbons (Fsp3) is 1.00. The van der Waals surface area contributed by atoms with E-state index in [0.29, 0.717) is 11.5 Å². The van der Waals surface area contributed by atoms with E-state index in [2.05, 4.69) is 11.8 Å². The van der Waals surface area contributed by atoms with Crippen LogP contribution in [0.1, 0.15) is 45.4 Å². The third-order valence-electron chi connectivity index (χ3n) is 4.66. The van der Waals surface area contributed by atoms with E-state index < -0.39 is 0 Å². The summed E-state index contributed by atoms with van der Waals surface area (Å²) in [5.74, 6) is 0. The Labute approximate surface area is 93.0 Å². The maximum atomic E-state index is 5.89. The molecule has 1 aliphatic carbocycles. The molecule has 1 atom stereocenters. The monoisotopic (exact) mass is 209 g/mol. The second-order valence-corrected chi connectivity index (χ2v) is 5.81. The van der Waals surface area contributed by atoms with E-state index in [4.69, 9.17) is 4.74 Å². The SMILES string of the molecule is CCC1CC2(CCN(C3CC3)CC2)CO1. The van der Waals surface area contributed by atoms with Crippen LogP contribution in [0, 0.1) is 5.41 Å². The Morgan fingerprint density at radius 1 is 1.27 bits per heavy atom. The molecule has 1 saturated carbocycles. The van der Waals surface area contributed by atoms with Crippen molar-refractivity contribution in [2.75, 3.05) is 19.7 Å². The molecule has 86 valence electrons. The highest BCUT2D eigenvalue weighted by Crippen LogP contribution is 2.44. The van der Waals surface area contributed by atoms with Crippen molar-refractivity contribution in [1.82, 2.24) is 4.90 Å². The highest BCUT2D eigenvalue weighted by molar-refractivity contribution is 4.95. The Bertz CT molecular complexity index is 229. The van der Waals surface area contributed by atoms with Crippen LogP contribution in [0.3, 0.4) is 0 Å². The first-order chi connectivity index (χ1) is 7.31. The Morgan fingerprint density at radius 3 is 2.53 bits per heavy atom. The van der Waals surface area contributed by atoms with Gasteiger partial charge in [0.2, 0.25) is 0 Å². The first-order valence-corrected chi connectivity index (χ1v) is 6.67. The van der Waals surface area contributed by atoms with Crippen molar-refractivity contribution in [1.29, 1.82) is 0 Å². The van der Waals surface area contributed by atoms with E-state index in [-0.39, 0.29) is 0 Å². The van der Waals surface area contributed by atoms with Crippen LogP contribution in [0.4, 0.5) is 0 Å². The van der Waals surface area contributed by atoms with Gasteiger partial charge in [0.05, 0.1) is 12.7 Å². The molecule has 2 heterocycles. The molecule has 2 heteroatoms. The summed E-state index contributed by atoms with van der Waals surface area (Å²) in [5.41, 5.74) is 0.575. The number of hydrogen-bond donors (Lipinski definition) is 0. The maximum absolute atomic E-state index is 5.89. The first kappa shape index (κ1) is 10.1. The van der Waals surface area contributed by atoms with E-state index in [1.165, 1.54) is 51.6 Å². The van der Waals surface area contributed by atoms with Gasteiger partial charge < -0.3 is 9.64 Å². The van der Waals surface area contributed by atoms with Crippen molar-refractivity contribution < 1.29 is 4.74 Å². The minimum Gasteiger partial charge on any atom is -0.378 e. The predicted molar refractivity (Wildman–Crippen MR) is 60.9 cm³/mol. The molecule has 2 aliphatic heterocycles. The van der Waals surface area contributed by atoms with Crippen LogP contribution in [0.5, 0.6) is 0 Å². The number of piperidine rings is 1. The quantitative estimate of drug-likeness (QED) is 0.692. The molecule has 0 amide bonds. The molecule has 0 aromatic rings. The van der Waals surface area contributed by atoms with E-state index in [0.717, 1.165) is 12.6 Å². The lowest BCUT2D eigenvalue weighted by atomic mass is 9.76. The van der Waals surface area contributed by atoms with Gasteiger partial charge in [0.1, 0.15) is 0 Å². The van der Waals surface area contributed by atoms with Crippen molar-refractivity contribution in [3.05, 3.63) is 0 Å². The molecule has 15 heavy (non-hydrogen) atoms. The zero-order valence-electron chi connectivity index (χ0n) is 9.87. The van der Waals surface area contributed by atoms with E-state index in [1.54, 1.807) is 0 Å². The summed E-state index contributed by atoms with van der Waals surface area (Å²) < 4.78 is 5.89. The van der Waals surface area contributed by atoms with Gasteiger partial charge in [0.25, 0.3) is 0 Å². The van der Waals surface area contributed by atoms with Crippen molar-refractivity contribution >= 4 is 0 Å². The summed E-state index contributed by atoms with van der Waals surface area (Å²) in [5, 5.41) is 0. The summed E-state index contributed by atoms with van der Waals surface area (Å²) in [6.45, 7) is 5.97. The molecule has 0 bridgehead atoms. The van der Waals surface area contributed by atoms with Crippen LogP contribution in [-0.4, -0.2) is 36.7 Å². The van der Waals surface area contributed by atoms with Gasteiger partial charge in [-0.1, -0.05) is 6.92 Å². The Kier molecular flexibility index (Phi) is 2.52. The van der Waals surface area contributed by atoms with Crippen molar-refractivity contribution in [2.45, 2.75) is 57.6 Å². The number of rotatable bonds is 2. The summed E-state index contributed by atoms with van der Waals surface area (Å²) in [4.78, 5) is 2.71. The third kappa shape index (κ3) is 1.94. The smallest absolute Gasteiger partial charge is 0.0579 e. The minimum atomic E-state index is 0.567. The molecule has 1 spiro atoms. The van der Waals surface area contributed by atoms with Crippen LogP contribution < -0.4 is 0 Å². The molecule has 0 N–H and O–H groups in total. The zero-order chi connectivity index (χ0) is 10.3. The van der Waals surface area contributed by atoms with Crippen LogP contribution in [0.2, 0.25) is 0 Å². The zero-order valence-corrected chi connectivity index (χ0v) is 9.87. The largest absolute Gasteiger partial charge is 0.378 e.